The van der Waals surface area contributed by atoms with Crippen LogP contribution in [0, 0.1) is 5.92 Å². The highest BCUT2D eigenvalue weighted by atomic mass is 32.2. The lowest BCUT2D eigenvalue weighted by atomic mass is 9.87. The molecule has 2 aliphatic heterocycles. The van der Waals surface area contributed by atoms with E-state index in [4.69, 9.17) is 19.3 Å². The first kappa shape index (κ1) is 36.1. The number of hydrogen-bond acceptors (Lipinski definition) is 8. The second kappa shape index (κ2) is 15.9. The molecule has 1 saturated carbocycles. The Balaban J connectivity index is 1.45. The molecule has 1 aromatic carbocycles. The molecule has 3 amide bonds. The molecule has 2 heterocycles. The first-order valence-corrected chi connectivity index (χ1v) is 18.3. The number of aryl methyl sites for hydroxylation is 1. The van der Waals surface area contributed by atoms with Gasteiger partial charge in [-0.3, -0.25) is 14.2 Å². The van der Waals surface area contributed by atoms with Gasteiger partial charge in [0.1, 0.15) is 0 Å². The van der Waals surface area contributed by atoms with Crippen LogP contribution in [0.5, 0.6) is 0 Å². The van der Waals surface area contributed by atoms with Crippen molar-refractivity contribution < 1.29 is 47.0 Å². The summed E-state index contributed by atoms with van der Waals surface area (Å²) in [5.41, 5.74) is -4.42. The summed E-state index contributed by atoms with van der Waals surface area (Å²) in [4.78, 5) is 59.6. The quantitative estimate of drug-likeness (QED) is 0.222. The van der Waals surface area contributed by atoms with E-state index < -0.39 is 43.2 Å². The molecule has 12 nitrogen and oxygen atoms in total. The van der Waals surface area contributed by atoms with Gasteiger partial charge in [0.2, 0.25) is 18.2 Å². The summed E-state index contributed by atoms with van der Waals surface area (Å²) in [5, 5.41) is 5.43. The molecule has 256 valence electrons. The summed E-state index contributed by atoms with van der Waals surface area (Å²) < 4.78 is 51.6. The van der Waals surface area contributed by atoms with E-state index in [2.05, 4.69) is 10.6 Å². The van der Waals surface area contributed by atoms with E-state index in [1.165, 1.54) is 50.0 Å². The van der Waals surface area contributed by atoms with E-state index in [1.54, 1.807) is 24.9 Å². The van der Waals surface area contributed by atoms with Gasteiger partial charge in [-0.25, -0.2) is 9.69 Å². The fourth-order valence-electron chi connectivity index (χ4n) is 5.95. The Labute approximate surface area is 271 Å². The zero-order chi connectivity index (χ0) is 33.5. The number of ether oxygens (including phenoxy) is 2. The van der Waals surface area contributed by atoms with Crippen LogP contribution in [-0.4, -0.2) is 81.2 Å². The van der Waals surface area contributed by atoms with E-state index >= 15 is 0 Å². The van der Waals surface area contributed by atoms with E-state index in [9.17, 15) is 27.7 Å². The molecule has 2 atom stereocenters. The van der Waals surface area contributed by atoms with Crippen molar-refractivity contribution in [1.82, 2.24) is 15.1 Å². The second-order valence-corrected chi connectivity index (χ2v) is 14.5. The Hall–Kier alpha value is -2.71. The highest BCUT2D eigenvalue weighted by Crippen LogP contribution is 2.59. The van der Waals surface area contributed by atoms with Crippen molar-refractivity contribution in [3.05, 3.63) is 41.2 Å². The Morgan fingerprint density at radius 2 is 1.91 bits per heavy atom. The fraction of sp³-hybridized carbons (Fsp3) is 0.633. The number of carbonyl (C=O) groups is 3. The summed E-state index contributed by atoms with van der Waals surface area (Å²) in [6.45, 7) is 4.18. The normalized spacial score (nSPS) is 20.9. The number of rotatable bonds is 12. The number of amides is 3. The van der Waals surface area contributed by atoms with Gasteiger partial charge in [0.05, 0.1) is 25.0 Å². The van der Waals surface area contributed by atoms with Gasteiger partial charge in [-0.1, -0.05) is 44.2 Å². The number of hydrogen-bond donors (Lipinski definition) is 4. The minimum atomic E-state index is -5.82. The number of halogens is 2. The maximum absolute atomic E-state index is 14.3. The summed E-state index contributed by atoms with van der Waals surface area (Å²) >= 11 is 1.65. The van der Waals surface area contributed by atoms with Crippen LogP contribution in [0.2, 0.25) is 0 Å². The number of anilines is 1. The molecule has 1 saturated heterocycles. The van der Waals surface area contributed by atoms with Crippen LogP contribution in [-0.2, 0) is 35.7 Å². The molecule has 0 radical (unpaired) electrons. The highest BCUT2D eigenvalue weighted by Gasteiger charge is 2.50. The molecule has 0 spiro atoms. The van der Waals surface area contributed by atoms with Gasteiger partial charge in [-0.05, 0) is 37.3 Å². The number of thioether (sulfide) groups is 1. The monoisotopic (exact) mass is 688 g/mol. The third kappa shape index (κ3) is 9.00. The lowest BCUT2D eigenvalue weighted by Crippen LogP contribution is -2.48. The fourth-order valence-corrected chi connectivity index (χ4v) is 7.41. The minimum absolute atomic E-state index is 0.0493. The van der Waals surface area contributed by atoms with Crippen LogP contribution >= 0.6 is 19.4 Å². The topological polar surface area (TPSA) is 158 Å². The smallest absolute Gasteiger partial charge is 0.417 e. The molecule has 4 rings (SSSR count). The van der Waals surface area contributed by atoms with E-state index in [0.29, 0.717) is 30.4 Å². The molecular formula is C30H43F2N4O8PS. The molecule has 46 heavy (non-hydrogen) atoms. The van der Waals surface area contributed by atoms with E-state index in [1.807, 2.05) is 4.90 Å². The van der Waals surface area contributed by atoms with Gasteiger partial charge in [-0.2, -0.15) is 20.5 Å². The van der Waals surface area contributed by atoms with Crippen LogP contribution in [0.4, 0.5) is 19.3 Å². The third-order valence-electron chi connectivity index (χ3n) is 8.31. The van der Waals surface area contributed by atoms with E-state index in [-0.39, 0.29) is 31.0 Å². The van der Waals surface area contributed by atoms with Crippen LogP contribution in [0.25, 0.3) is 0 Å². The Kier molecular flexibility index (Phi) is 12.5. The Bertz CT molecular complexity index is 1340. The van der Waals surface area contributed by atoms with Crippen molar-refractivity contribution in [2.24, 2.45) is 5.92 Å². The van der Waals surface area contributed by atoms with E-state index in [0.717, 1.165) is 30.0 Å². The Morgan fingerprint density at radius 1 is 1.17 bits per heavy atom. The van der Waals surface area contributed by atoms with Gasteiger partial charge in [-0.15, -0.1) is 0 Å². The van der Waals surface area contributed by atoms with Crippen molar-refractivity contribution in [2.75, 3.05) is 36.6 Å². The molecule has 0 bridgehead atoms. The number of nitrogens with zero attached hydrogens (tertiary/aromatic N) is 2. The van der Waals surface area contributed by atoms with Crippen molar-refractivity contribution in [3.63, 3.8) is 0 Å². The standard InChI is InChI=1S/C30H43F2N4O8PS/c1-3-43-29(39)36-18-26-25(19-46-16-14-35(26)28(36)44-15-13-21-7-5-4-6-8-21)34-27(38)12-10-22-9-11-23(17-24(22)33-20(2)37)30(31,32)45(40,41)42/h9,11,17-18,21,25,28H,3-8,10,12-16,19H2,1-2H3,(H,33,37)(H,34,38)(H2,40,41,42). The summed E-state index contributed by atoms with van der Waals surface area (Å²) in [7, 11) is -5.82. The second-order valence-electron chi connectivity index (χ2n) is 11.7. The highest BCUT2D eigenvalue weighted by molar-refractivity contribution is 7.99. The first-order chi connectivity index (χ1) is 21.8. The van der Waals surface area contributed by atoms with Crippen molar-refractivity contribution >= 4 is 43.0 Å². The predicted molar refractivity (Wildman–Crippen MR) is 169 cm³/mol. The average Bonchev–Trinajstić information content (AvgIpc) is 3.24. The summed E-state index contributed by atoms with van der Waals surface area (Å²) in [6, 6.07) is 2.45. The van der Waals surface area contributed by atoms with Crippen LogP contribution in [0.15, 0.2) is 30.1 Å². The zero-order valence-corrected chi connectivity index (χ0v) is 27.8. The predicted octanol–water partition coefficient (Wildman–Crippen LogP) is 4.92. The zero-order valence-electron chi connectivity index (χ0n) is 26.1. The Morgan fingerprint density at radius 3 is 2.59 bits per heavy atom. The van der Waals surface area contributed by atoms with Gasteiger partial charge in [0.15, 0.2) is 0 Å². The average molecular weight is 689 g/mol. The number of fused-ring (bicyclic) bond motifs is 1. The van der Waals surface area contributed by atoms with Gasteiger partial charge >= 0.3 is 19.4 Å². The largest absolute Gasteiger partial charge is 0.449 e. The number of benzene rings is 1. The van der Waals surface area contributed by atoms with Crippen LogP contribution < -0.4 is 10.6 Å². The minimum Gasteiger partial charge on any atom is -0.449 e. The molecule has 16 heteroatoms. The molecule has 1 aliphatic carbocycles. The maximum atomic E-state index is 14.3. The van der Waals surface area contributed by atoms with Gasteiger partial charge in [0.25, 0.3) is 0 Å². The summed E-state index contributed by atoms with van der Waals surface area (Å²) in [6.07, 6.45) is 7.42. The maximum Gasteiger partial charge on any atom is 0.417 e. The molecule has 1 aromatic rings. The third-order valence-corrected chi connectivity index (χ3v) is 10.3. The number of alkyl halides is 2. The first-order valence-electron chi connectivity index (χ1n) is 15.6. The molecular weight excluding hydrogens is 645 g/mol. The molecule has 0 aromatic heterocycles. The van der Waals surface area contributed by atoms with Crippen molar-refractivity contribution in [3.8, 4) is 0 Å². The van der Waals surface area contributed by atoms with Crippen molar-refractivity contribution in [1.29, 1.82) is 0 Å². The lowest BCUT2D eigenvalue weighted by Gasteiger charge is -2.33. The van der Waals surface area contributed by atoms with Crippen molar-refractivity contribution in [2.45, 2.75) is 83.3 Å². The van der Waals surface area contributed by atoms with Gasteiger partial charge in [0, 0.05) is 48.8 Å². The van der Waals surface area contributed by atoms with Gasteiger partial charge < -0.3 is 34.8 Å². The number of carbonyl (C=O) groups excluding carboxylic acids is 3. The SMILES string of the molecule is CCOC(=O)N1C=C2C(NC(=O)CCc3ccc(C(F)(F)P(=O)(O)O)cc3NC(C)=O)CSCCN2C1OCCC1CCCCC1. The molecule has 4 N–H and O–H groups in total. The van der Waals surface area contributed by atoms with Crippen LogP contribution in [0.1, 0.15) is 69.9 Å². The number of nitrogens with one attached hydrogen (secondary N) is 2. The molecule has 2 fully saturated rings. The summed E-state index contributed by atoms with van der Waals surface area (Å²) in [5.74, 6) is 0.969. The molecule has 2 unspecified atom stereocenters. The molecule has 3 aliphatic rings. The van der Waals surface area contributed by atoms with Crippen LogP contribution in [0.3, 0.4) is 0 Å². The lowest BCUT2D eigenvalue weighted by molar-refractivity contribution is -0.122.